The summed E-state index contributed by atoms with van der Waals surface area (Å²) in [5.74, 6) is 0.706. The number of carbonyl (C=O) groups is 2. The molecule has 1 saturated heterocycles. The first-order valence-electron chi connectivity index (χ1n) is 8.49. The molecule has 1 aromatic carbocycles. The highest BCUT2D eigenvalue weighted by atomic mass is 16.5. The summed E-state index contributed by atoms with van der Waals surface area (Å²) in [5.41, 5.74) is 5.59. The summed E-state index contributed by atoms with van der Waals surface area (Å²) >= 11 is 0. The van der Waals surface area contributed by atoms with Crippen LogP contribution in [0.25, 0.3) is 0 Å². The van der Waals surface area contributed by atoms with E-state index in [1.54, 1.807) is 24.3 Å². The quantitative estimate of drug-likeness (QED) is 0.790. The molecule has 1 aromatic rings. The Hall–Kier alpha value is -2.08. The molecule has 1 heterocycles. The standard InChI is InChI=1S/C18H27N3O3/c1-13-7-9-21(10-8-13)14(2)11-20-17(22)12-24-16-5-3-15(4-6-16)18(19)23/h3-6,13-14H,7-12H2,1-2H3,(H2,19,23)(H,20,22)/t14-/m1/s1. The molecule has 0 aliphatic carbocycles. The maximum atomic E-state index is 11.9. The van der Waals surface area contributed by atoms with Crippen LogP contribution in [0.15, 0.2) is 24.3 Å². The molecule has 3 N–H and O–H groups in total. The lowest BCUT2D eigenvalue weighted by atomic mass is 9.98. The number of ether oxygens (including phenoxy) is 1. The summed E-state index contributed by atoms with van der Waals surface area (Å²) in [6.07, 6.45) is 2.45. The monoisotopic (exact) mass is 333 g/mol. The molecule has 2 rings (SSSR count). The highest BCUT2D eigenvalue weighted by Gasteiger charge is 2.20. The van der Waals surface area contributed by atoms with Gasteiger partial charge in [-0.25, -0.2) is 0 Å². The fourth-order valence-corrected chi connectivity index (χ4v) is 2.78. The molecular weight excluding hydrogens is 306 g/mol. The van der Waals surface area contributed by atoms with E-state index < -0.39 is 5.91 Å². The molecule has 6 heteroatoms. The van der Waals surface area contributed by atoms with Gasteiger partial charge in [-0.3, -0.25) is 14.5 Å². The summed E-state index contributed by atoms with van der Waals surface area (Å²) in [6, 6.07) is 6.75. The minimum absolute atomic E-state index is 0.0420. The Morgan fingerprint density at radius 2 is 1.92 bits per heavy atom. The number of likely N-dealkylation sites (tertiary alicyclic amines) is 1. The Morgan fingerprint density at radius 1 is 1.29 bits per heavy atom. The lowest BCUT2D eigenvalue weighted by Crippen LogP contribution is -2.46. The zero-order chi connectivity index (χ0) is 17.5. The second-order valence-electron chi connectivity index (χ2n) is 6.55. The number of hydrogen-bond donors (Lipinski definition) is 2. The Bertz CT molecular complexity index is 551. The van der Waals surface area contributed by atoms with E-state index in [0.29, 0.717) is 23.9 Å². The first-order chi connectivity index (χ1) is 11.5. The minimum Gasteiger partial charge on any atom is -0.484 e. The Balaban J connectivity index is 1.68. The summed E-state index contributed by atoms with van der Waals surface area (Å²) in [6.45, 7) is 7.20. The second kappa shape index (κ2) is 8.68. The third-order valence-corrected chi connectivity index (χ3v) is 4.54. The van der Waals surface area contributed by atoms with Gasteiger partial charge in [-0.1, -0.05) is 6.92 Å². The fourth-order valence-electron chi connectivity index (χ4n) is 2.78. The van der Waals surface area contributed by atoms with Crippen molar-refractivity contribution in [2.75, 3.05) is 26.2 Å². The van der Waals surface area contributed by atoms with Crippen LogP contribution in [0.5, 0.6) is 5.75 Å². The predicted octanol–water partition coefficient (Wildman–Crippen LogP) is 1.40. The van der Waals surface area contributed by atoms with Gasteiger partial charge in [0, 0.05) is 18.2 Å². The highest BCUT2D eigenvalue weighted by molar-refractivity contribution is 5.92. The molecule has 0 aromatic heterocycles. The lowest BCUT2D eigenvalue weighted by molar-refractivity contribution is -0.123. The number of nitrogens with two attached hydrogens (primary N) is 1. The van der Waals surface area contributed by atoms with Gasteiger partial charge in [0.25, 0.3) is 5.91 Å². The first-order valence-corrected chi connectivity index (χ1v) is 8.49. The number of amides is 2. The molecule has 0 bridgehead atoms. The van der Waals surface area contributed by atoms with Crippen molar-refractivity contribution in [3.63, 3.8) is 0 Å². The number of primary amides is 1. The van der Waals surface area contributed by atoms with E-state index in [-0.39, 0.29) is 12.5 Å². The maximum Gasteiger partial charge on any atom is 0.257 e. The molecule has 0 radical (unpaired) electrons. The predicted molar refractivity (Wildman–Crippen MR) is 92.9 cm³/mol. The van der Waals surface area contributed by atoms with E-state index in [9.17, 15) is 9.59 Å². The SMILES string of the molecule is CC1CCN([C@H](C)CNC(=O)COc2ccc(C(N)=O)cc2)CC1. The van der Waals surface area contributed by atoms with Crippen LogP contribution in [-0.4, -0.2) is 49.0 Å². The summed E-state index contributed by atoms with van der Waals surface area (Å²) < 4.78 is 5.42. The van der Waals surface area contributed by atoms with Crippen molar-refractivity contribution in [2.24, 2.45) is 11.7 Å². The van der Waals surface area contributed by atoms with Crippen molar-refractivity contribution in [2.45, 2.75) is 32.7 Å². The molecule has 1 atom stereocenters. The van der Waals surface area contributed by atoms with Gasteiger partial charge < -0.3 is 15.8 Å². The average Bonchev–Trinajstić information content (AvgIpc) is 2.58. The molecule has 2 amide bonds. The number of benzene rings is 1. The largest absolute Gasteiger partial charge is 0.484 e. The van der Waals surface area contributed by atoms with Crippen LogP contribution in [0.2, 0.25) is 0 Å². The van der Waals surface area contributed by atoms with Gasteiger partial charge in [-0.2, -0.15) is 0 Å². The molecule has 6 nitrogen and oxygen atoms in total. The van der Waals surface area contributed by atoms with Crippen molar-refractivity contribution in [3.8, 4) is 5.75 Å². The van der Waals surface area contributed by atoms with Gasteiger partial charge in [0.1, 0.15) is 5.75 Å². The number of rotatable bonds is 7. The van der Waals surface area contributed by atoms with Crippen molar-refractivity contribution in [1.29, 1.82) is 0 Å². The molecular formula is C18H27N3O3. The van der Waals surface area contributed by atoms with Crippen molar-refractivity contribution < 1.29 is 14.3 Å². The molecule has 0 unspecified atom stereocenters. The van der Waals surface area contributed by atoms with Crippen LogP contribution >= 0.6 is 0 Å². The Labute approximate surface area is 143 Å². The molecule has 0 spiro atoms. The van der Waals surface area contributed by atoms with Crippen LogP contribution < -0.4 is 15.8 Å². The van der Waals surface area contributed by atoms with Gasteiger partial charge in [0.15, 0.2) is 6.61 Å². The normalized spacial score (nSPS) is 17.2. The summed E-state index contributed by atoms with van der Waals surface area (Å²) in [5, 5.41) is 2.91. The number of hydrogen-bond acceptors (Lipinski definition) is 4. The molecule has 0 saturated carbocycles. The van der Waals surface area contributed by atoms with Crippen LogP contribution in [0.1, 0.15) is 37.0 Å². The molecule has 132 valence electrons. The second-order valence-corrected chi connectivity index (χ2v) is 6.55. The van der Waals surface area contributed by atoms with E-state index in [4.69, 9.17) is 10.5 Å². The molecule has 1 fully saturated rings. The topological polar surface area (TPSA) is 84.7 Å². The summed E-state index contributed by atoms with van der Waals surface area (Å²) in [7, 11) is 0. The van der Waals surface area contributed by atoms with Crippen LogP contribution in [0.4, 0.5) is 0 Å². The van der Waals surface area contributed by atoms with Crippen LogP contribution in [-0.2, 0) is 4.79 Å². The molecule has 1 aliphatic heterocycles. The van der Waals surface area contributed by atoms with Gasteiger partial charge >= 0.3 is 0 Å². The Morgan fingerprint density at radius 3 is 2.50 bits per heavy atom. The maximum absolute atomic E-state index is 11.9. The van der Waals surface area contributed by atoms with Gasteiger partial charge in [0.2, 0.25) is 5.91 Å². The summed E-state index contributed by atoms with van der Waals surface area (Å²) in [4.78, 5) is 25.3. The van der Waals surface area contributed by atoms with Gasteiger partial charge in [-0.05, 0) is 63.0 Å². The van der Waals surface area contributed by atoms with Crippen molar-refractivity contribution in [1.82, 2.24) is 10.2 Å². The van der Waals surface area contributed by atoms with Crippen molar-refractivity contribution >= 4 is 11.8 Å². The first kappa shape index (κ1) is 18.3. The van der Waals surface area contributed by atoms with Crippen LogP contribution in [0, 0.1) is 5.92 Å². The average molecular weight is 333 g/mol. The van der Waals surface area contributed by atoms with Gasteiger partial charge in [-0.15, -0.1) is 0 Å². The lowest BCUT2D eigenvalue weighted by Gasteiger charge is -2.34. The van der Waals surface area contributed by atoms with Crippen LogP contribution in [0.3, 0.4) is 0 Å². The fraction of sp³-hybridized carbons (Fsp3) is 0.556. The van der Waals surface area contributed by atoms with Crippen molar-refractivity contribution in [3.05, 3.63) is 29.8 Å². The third-order valence-electron chi connectivity index (χ3n) is 4.54. The zero-order valence-corrected chi connectivity index (χ0v) is 14.5. The Kier molecular flexibility index (Phi) is 6.61. The van der Waals surface area contributed by atoms with E-state index in [2.05, 4.69) is 24.1 Å². The van der Waals surface area contributed by atoms with E-state index in [0.717, 1.165) is 19.0 Å². The highest BCUT2D eigenvalue weighted by Crippen LogP contribution is 2.17. The smallest absolute Gasteiger partial charge is 0.257 e. The third kappa shape index (κ3) is 5.53. The van der Waals surface area contributed by atoms with E-state index >= 15 is 0 Å². The number of carbonyl (C=O) groups excluding carboxylic acids is 2. The number of nitrogens with one attached hydrogen (secondary N) is 1. The van der Waals surface area contributed by atoms with Gasteiger partial charge in [0.05, 0.1) is 0 Å². The van der Waals surface area contributed by atoms with E-state index in [1.807, 2.05) is 0 Å². The zero-order valence-electron chi connectivity index (χ0n) is 14.5. The number of nitrogens with zero attached hydrogens (tertiary/aromatic N) is 1. The van der Waals surface area contributed by atoms with E-state index in [1.165, 1.54) is 12.8 Å². The molecule has 1 aliphatic rings. The minimum atomic E-state index is -0.486. The number of piperidine rings is 1. The molecule has 24 heavy (non-hydrogen) atoms.